The number of nitrogens with one attached hydrogen (secondary N) is 1. The number of anilines is 1. The number of rotatable bonds is 5. The molecule has 140 valence electrons. The van der Waals surface area contributed by atoms with Crippen molar-refractivity contribution in [3.05, 3.63) is 42.7 Å². The number of hydrogen-bond donors (Lipinski definition) is 1. The van der Waals surface area contributed by atoms with Crippen LogP contribution in [0.5, 0.6) is 17.2 Å². The summed E-state index contributed by atoms with van der Waals surface area (Å²) < 4.78 is 18.6. The standard InChI is InChI=1S/C20H21N3O4/c1-2-25-15-6-4-14(5-7-15)22-20(24)12-23-13-21-16-10-18-19(11-17(16)23)27-9-3-8-26-18/h4-7,10-11,13H,2-3,8-9,12H2,1H3,(H,22,24). The second kappa shape index (κ2) is 7.57. The topological polar surface area (TPSA) is 74.6 Å². The third-order valence-corrected chi connectivity index (χ3v) is 4.25. The first-order chi connectivity index (χ1) is 13.2. The van der Waals surface area contributed by atoms with Gasteiger partial charge in [0.1, 0.15) is 12.3 Å². The number of aromatic nitrogens is 2. The highest BCUT2D eigenvalue weighted by atomic mass is 16.5. The summed E-state index contributed by atoms with van der Waals surface area (Å²) in [6.07, 6.45) is 2.50. The van der Waals surface area contributed by atoms with Gasteiger partial charge in [0, 0.05) is 24.2 Å². The fourth-order valence-corrected chi connectivity index (χ4v) is 3.00. The van der Waals surface area contributed by atoms with E-state index < -0.39 is 0 Å². The molecule has 1 N–H and O–H groups in total. The van der Waals surface area contributed by atoms with Crippen LogP contribution in [0.2, 0.25) is 0 Å². The Morgan fingerprint density at radius 3 is 2.67 bits per heavy atom. The van der Waals surface area contributed by atoms with Crippen molar-refractivity contribution in [2.45, 2.75) is 19.9 Å². The summed E-state index contributed by atoms with van der Waals surface area (Å²) in [6.45, 7) is 3.94. The van der Waals surface area contributed by atoms with Crippen LogP contribution in [0, 0.1) is 0 Å². The molecular formula is C20H21N3O4. The van der Waals surface area contributed by atoms with Crippen LogP contribution in [0.15, 0.2) is 42.7 Å². The summed E-state index contributed by atoms with van der Waals surface area (Å²) in [7, 11) is 0. The van der Waals surface area contributed by atoms with Gasteiger partial charge in [-0.3, -0.25) is 4.79 Å². The highest BCUT2D eigenvalue weighted by Crippen LogP contribution is 2.33. The number of carbonyl (C=O) groups is 1. The molecule has 3 aromatic rings. The van der Waals surface area contributed by atoms with Gasteiger partial charge >= 0.3 is 0 Å². The number of nitrogens with zero attached hydrogens (tertiary/aromatic N) is 2. The fraction of sp³-hybridized carbons (Fsp3) is 0.300. The lowest BCUT2D eigenvalue weighted by Gasteiger charge is -2.10. The molecule has 0 saturated carbocycles. The minimum Gasteiger partial charge on any atom is -0.494 e. The second-order valence-electron chi connectivity index (χ2n) is 6.22. The summed E-state index contributed by atoms with van der Waals surface area (Å²) in [4.78, 5) is 16.8. The Morgan fingerprint density at radius 2 is 1.93 bits per heavy atom. The van der Waals surface area contributed by atoms with Crippen molar-refractivity contribution in [3.8, 4) is 17.2 Å². The van der Waals surface area contributed by atoms with Crippen molar-refractivity contribution >= 4 is 22.6 Å². The Balaban J connectivity index is 1.49. The first kappa shape index (κ1) is 17.2. The Labute approximate surface area is 156 Å². The number of benzene rings is 2. The van der Waals surface area contributed by atoms with Gasteiger partial charge in [-0.25, -0.2) is 4.98 Å². The van der Waals surface area contributed by atoms with Crippen LogP contribution in [-0.4, -0.2) is 35.3 Å². The lowest BCUT2D eigenvalue weighted by atomic mass is 10.2. The third kappa shape index (κ3) is 3.81. The van der Waals surface area contributed by atoms with E-state index in [4.69, 9.17) is 14.2 Å². The smallest absolute Gasteiger partial charge is 0.244 e. The van der Waals surface area contributed by atoms with Gasteiger partial charge in [0.05, 0.1) is 37.2 Å². The van der Waals surface area contributed by atoms with Gasteiger partial charge in [-0.2, -0.15) is 0 Å². The highest BCUT2D eigenvalue weighted by molar-refractivity contribution is 5.92. The molecule has 1 aromatic heterocycles. The minimum atomic E-state index is -0.134. The molecule has 0 spiro atoms. The zero-order valence-electron chi connectivity index (χ0n) is 15.1. The fourth-order valence-electron chi connectivity index (χ4n) is 3.00. The molecule has 1 amide bonds. The normalized spacial score (nSPS) is 13.2. The SMILES string of the molecule is CCOc1ccc(NC(=O)Cn2cnc3cc4c(cc32)OCCCO4)cc1. The van der Waals surface area contributed by atoms with Crippen LogP contribution in [0.1, 0.15) is 13.3 Å². The Morgan fingerprint density at radius 1 is 1.19 bits per heavy atom. The maximum Gasteiger partial charge on any atom is 0.244 e. The van der Waals surface area contributed by atoms with Gasteiger partial charge in [-0.15, -0.1) is 0 Å². The maximum absolute atomic E-state index is 12.4. The van der Waals surface area contributed by atoms with E-state index in [1.54, 1.807) is 10.9 Å². The molecule has 1 aliphatic rings. The molecule has 2 aromatic carbocycles. The molecule has 0 saturated heterocycles. The number of amides is 1. The molecule has 27 heavy (non-hydrogen) atoms. The summed E-state index contributed by atoms with van der Waals surface area (Å²) in [6, 6.07) is 11.0. The molecule has 7 nitrogen and oxygen atoms in total. The maximum atomic E-state index is 12.4. The van der Waals surface area contributed by atoms with Gasteiger partial charge < -0.3 is 24.1 Å². The van der Waals surface area contributed by atoms with Crippen LogP contribution >= 0.6 is 0 Å². The zero-order chi connectivity index (χ0) is 18.6. The summed E-state index contributed by atoms with van der Waals surface area (Å²) in [5, 5.41) is 2.89. The number of carbonyl (C=O) groups excluding carboxylic acids is 1. The van der Waals surface area contributed by atoms with Crippen molar-refractivity contribution in [1.29, 1.82) is 0 Å². The van der Waals surface area contributed by atoms with Gasteiger partial charge in [0.15, 0.2) is 11.5 Å². The lowest BCUT2D eigenvalue weighted by Crippen LogP contribution is -2.18. The summed E-state index contributed by atoms with van der Waals surface area (Å²) >= 11 is 0. The highest BCUT2D eigenvalue weighted by Gasteiger charge is 2.15. The van der Waals surface area contributed by atoms with E-state index >= 15 is 0 Å². The molecule has 0 aliphatic carbocycles. The van der Waals surface area contributed by atoms with E-state index in [-0.39, 0.29) is 12.5 Å². The molecule has 0 radical (unpaired) electrons. The minimum absolute atomic E-state index is 0.134. The van der Waals surface area contributed by atoms with Crippen LogP contribution in [-0.2, 0) is 11.3 Å². The molecule has 0 atom stereocenters. The molecule has 0 bridgehead atoms. The van der Waals surface area contributed by atoms with E-state index in [9.17, 15) is 4.79 Å². The second-order valence-corrected chi connectivity index (χ2v) is 6.22. The molecule has 7 heteroatoms. The third-order valence-electron chi connectivity index (χ3n) is 4.25. The molecule has 4 rings (SSSR count). The van der Waals surface area contributed by atoms with Crippen molar-refractivity contribution in [2.24, 2.45) is 0 Å². The van der Waals surface area contributed by atoms with E-state index in [0.29, 0.717) is 31.3 Å². The Bertz CT molecular complexity index is 950. The van der Waals surface area contributed by atoms with Crippen molar-refractivity contribution in [2.75, 3.05) is 25.1 Å². The van der Waals surface area contributed by atoms with Gasteiger partial charge in [0.2, 0.25) is 5.91 Å². The molecule has 1 aliphatic heterocycles. The van der Waals surface area contributed by atoms with E-state index in [0.717, 1.165) is 28.9 Å². The summed E-state index contributed by atoms with van der Waals surface area (Å²) in [5.74, 6) is 2.03. The predicted molar refractivity (Wildman–Crippen MR) is 102 cm³/mol. The number of ether oxygens (including phenoxy) is 3. The van der Waals surface area contributed by atoms with Crippen LogP contribution < -0.4 is 19.5 Å². The van der Waals surface area contributed by atoms with Crippen LogP contribution in [0.3, 0.4) is 0 Å². The Kier molecular flexibility index (Phi) is 4.82. The van der Waals surface area contributed by atoms with E-state index in [1.807, 2.05) is 43.3 Å². The number of hydrogen-bond acceptors (Lipinski definition) is 5. The van der Waals surface area contributed by atoms with Gasteiger partial charge in [-0.05, 0) is 31.2 Å². The first-order valence-corrected chi connectivity index (χ1v) is 9.00. The van der Waals surface area contributed by atoms with Gasteiger partial charge in [0.25, 0.3) is 0 Å². The quantitative estimate of drug-likeness (QED) is 0.749. The average Bonchev–Trinajstić information content (AvgIpc) is 2.89. The summed E-state index contributed by atoms with van der Waals surface area (Å²) in [5.41, 5.74) is 2.33. The van der Waals surface area contributed by atoms with Crippen molar-refractivity contribution in [1.82, 2.24) is 9.55 Å². The van der Waals surface area contributed by atoms with Crippen LogP contribution in [0.4, 0.5) is 5.69 Å². The van der Waals surface area contributed by atoms with Crippen molar-refractivity contribution < 1.29 is 19.0 Å². The molecule has 0 unspecified atom stereocenters. The number of imidazole rings is 1. The average molecular weight is 367 g/mol. The molecule has 2 heterocycles. The first-order valence-electron chi connectivity index (χ1n) is 9.00. The molecule has 0 fully saturated rings. The Hall–Kier alpha value is -3.22. The zero-order valence-corrected chi connectivity index (χ0v) is 15.1. The van der Waals surface area contributed by atoms with Crippen molar-refractivity contribution in [3.63, 3.8) is 0 Å². The monoisotopic (exact) mass is 367 g/mol. The predicted octanol–water partition coefficient (Wildman–Crippen LogP) is 3.24. The van der Waals surface area contributed by atoms with Crippen LogP contribution in [0.25, 0.3) is 11.0 Å². The molecular weight excluding hydrogens is 346 g/mol. The van der Waals surface area contributed by atoms with E-state index in [2.05, 4.69) is 10.3 Å². The van der Waals surface area contributed by atoms with E-state index in [1.165, 1.54) is 0 Å². The number of fused-ring (bicyclic) bond motifs is 2. The van der Waals surface area contributed by atoms with Gasteiger partial charge in [-0.1, -0.05) is 0 Å². The lowest BCUT2D eigenvalue weighted by molar-refractivity contribution is -0.116. The largest absolute Gasteiger partial charge is 0.494 e.